The van der Waals surface area contributed by atoms with Crippen molar-refractivity contribution in [3.63, 3.8) is 0 Å². The van der Waals surface area contributed by atoms with Gasteiger partial charge in [-0.05, 0) is 36.2 Å². The van der Waals surface area contributed by atoms with Gasteiger partial charge in [0, 0.05) is 24.3 Å². The molecule has 0 fully saturated rings. The van der Waals surface area contributed by atoms with Gasteiger partial charge < -0.3 is 9.88 Å². The Morgan fingerprint density at radius 3 is 2.74 bits per heavy atom. The first-order chi connectivity index (χ1) is 11.0. The maximum absolute atomic E-state index is 13.0. The fraction of sp³-hybridized carbons (Fsp3) is 0.176. The van der Waals surface area contributed by atoms with Gasteiger partial charge in [0.1, 0.15) is 11.6 Å². The van der Waals surface area contributed by atoms with Crippen LogP contribution in [0.5, 0.6) is 0 Å². The summed E-state index contributed by atoms with van der Waals surface area (Å²) in [6, 6.07) is 8.16. The first kappa shape index (κ1) is 15.4. The minimum atomic E-state index is -0.268. The van der Waals surface area contributed by atoms with Crippen LogP contribution in [-0.2, 0) is 13.6 Å². The normalized spacial score (nSPS) is 10.7. The van der Waals surface area contributed by atoms with Crippen LogP contribution in [0.4, 0.5) is 4.39 Å². The molecule has 2 aromatic heterocycles. The van der Waals surface area contributed by atoms with Crippen molar-refractivity contribution in [2.45, 2.75) is 13.5 Å². The Hall–Kier alpha value is -2.47. The highest BCUT2D eigenvalue weighted by Crippen LogP contribution is 2.32. The molecule has 0 saturated carbocycles. The van der Waals surface area contributed by atoms with Gasteiger partial charge in [-0.2, -0.15) is 0 Å². The number of carbonyl (C=O) groups excluding carboxylic acids is 1. The number of hydrogen-bond acceptors (Lipinski definition) is 3. The summed E-state index contributed by atoms with van der Waals surface area (Å²) in [6.07, 6.45) is 3.53. The molecule has 3 rings (SSSR count). The third-order valence-electron chi connectivity index (χ3n) is 3.58. The predicted octanol–water partition coefficient (Wildman–Crippen LogP) is 3.53. The molecular formula is C17H16FN3OS. The first-order valence-corrected chi connectivity index (χ1v) is 7.97. The van der Waals surface area contributed by atoms with Crippen molar-refractivity contribution in [3.8, 4) is 10.4 Å². The molecule has 2 heterocycles. The Morgan fingerprint density at radius 1 is 1.35 bits per heavy atom. The van der Waals surface area contributed by atoms with Crippen molar-refractivity contribution in [2.24, 2.45) is 7.05 Å². The summed E-state index contributed by atoms with van der Waals surface area (Å²) in [7, 11) is 1.89. The predicted molar refractivity (Wildman–Crippen MR) is 88.8 cm³/mol. The first-order valence-electron chi connectivity index (χ1n) is 7.15. The van der Waals surface area contributed by atoms with Crippen LogP contribution in [0.3, 0.4) is 0 Å². The highest BCUT2D eigenvalue weighted by atomic mass is 32.1. The van der Waals surface area contributed by atoms with E-state index in [1.54, 1.807) is 18.3 Å². The summed E-state index contributed by atoms with van der Waals surface area (Å²) < 4.78 is 14.9. The van der Waals surface area contributed by atoms with Gasteiger partial charge in [0.25, 0.3) is 5.91 Å². The zero-order valence-electron chi connectivity index (χ0n) is 12.8. The molecule has 0 aliphatic heterocycles. The largest absolute Gasteiger partial charge is 0.344 e. The average Bonchev–Trinajstić information content (AvgIpc) is 3.12. The van der Waals surface area contributed by atoms with Crippen molar-refractivity contribution >= 4 is 17.2 Å². The lowest BCUT2D eigenvalue weighted by atomic mass is 10.1. The highest BCUT2D eigenvalue weighted by molar-refractivity contribution is 7.17. The number of rotatable bonds is 4. The van der Waals surface area contributed by atoms with Gasteiger partial charge in [0.05, 0.1) is 11.4 Å². The molecule has 0 aliphatic carbocycles. The molecule has 1 N–H and O–H groups in total. The van der Waals surface area contributed by atoms with Gasteiger partial charge in [-0.25, -0.2) is 9.37 Å². The van der Waals surface area contributed by atoms with Crippen LogP contribution in [0.15, 0.2) is 42.7 Å². The smallest absolute Gasteiger partial charge is 0.261 e. The number of hydrogen-bond donors (Lipinski definition) is 1. The number of imidazole rings is 1. The van der Waals surface area contributed by atoms with Crippen molar-refractivity contribution in [1.82, 2.24) is 14.9 Å². The van der Waals surface area contributed by atoms with Gasteiger partial charge in [0.15, 0.2) is 0 Å². The van der Waals surface area contributed by atoms with E-state index in [1.807, 2.05) is 30.8 Å². The quantitative estimate of drug-likeness (QED) is 0.796. The van der Waals surface area contributed by atoms with E-state index in [1.165, 1.54) is 23.5 Å². The molecule has 0 atom stereocenters. The number of thiophene rings is 1. The maximum atomic E-state index is 13.0. The molecule has 0 unspecified atom stereocenters. The van der Waals surface area contributed by atoms with Gasteiger partial charge in [-0.15, -0.1) is 11.3 Å². The van der Waals surface area contributed by atoms with Crippen molar-refractivity contribution in [1.29, 1.82) is 0 Å². The topological polar surface area (TPSA) is 46.9 Å². The highest BCUT2D eigenvalue weighted by Gasteiger charge is 2.14. The number of benzene rings is 1. The van der Waals surface area contributed by atoms with Crippen LogP contribution in [0.2, 0.25) is 0 Å². The standard InChI is InChI=1S/C17H16FN3OS/c1-11-9-14(17(22)20-10-15-19-7-8-21(15)2)23-16(11)12-3-5-13(18)6-4-12/h3-9H,10H2,1-2H3,(H,20,22). The third kappa shape index (κ3) is 3.32. The molecule has 0 radical (unpaired) electrons. The molecule has 0 spiro atoms. The van der Waals surface area contributed by atoms with Crippen LogP contribution >= 0.6 is 11.3 Å². The van der Waals surface area contributed by atoms with Crippen LogP contribution < -0.4 is 5.32 Å². The van der Waals surface area contributed by atoms with E-state index in [0.29, 0.717) is 11.4 Å². The Morgan fingerprint density at radius 2 is 2.09 bits per heavy atom. The molecule has 118 valence electrons. The van der Waals surface area contributed by atoms with E-state index >= 15 is 0 Å². The van der Waals surface area contributed by atoms with Gasteiger partial charge in [-0.1, -0.05) is 12.1 Å². The fourth-order valence-corrected chi connectivity index (χ4v) is 3.39. The molecule has 23 heavy (non-hydrogen) atoms. The average molecular weight is 329 g/mol. The number of amides is 1. The second-order valence-electron chi connectivity index (χ2n) is 5.27. The van der Waals surface area contributed by atoms with E-state index in [4.69, 9.17) is 0 Å². The van der Waals surface area contributed by atoms with Crippen molar-refractivity contribution in [2.75, 3.05) is 0 Å². The number of nitrogens with one attached hydrogen (secondary N) is 1. The summed E-state index contributed by atoms with van der Waals surface area (Å²) in [5, 5.41) is 2.87. The third-order valence-corrected chi connectivity index (χ3v) is 4.86. The number of carbonyl (C=O) groups is 1. The minimum Gasteiger partial charge on any atom is -0.344 e. The van der Waals surface area contributed by atoms with Crippen LogP contribution in [0.1, 0.15) is 21.1 Å². The minimum absolute atomic E-state index is 0.130. The lowest BCUT2D eigenvalue weighted by Gasteiger charge is -2.03. The lowest BCUT2D eigenvalue weighted by molar-refractivity contribution is 0.0953. The summed E-state index contributed by atoms with van der Waals surface area (Å²) in [4.78, 5) is 18.1. The molecule has 3 aromatic rings. The second kappa shape index (κ2) is 6.34. The molecule has 4 nitrogen and oxygen atoms in total. The van der Waals surface area contributed by atoms with Crippen molar-refractivity contribution < 1.29 is 9.18 Å². The zero-order chi connectivity index (χ0) is 16.4. The molecule has 1 amide bonds. The van der Waals surface area contributed by atoms with E-state index in [0.717, 1.165) is 21.8 Å². The number of aromatic nitrogens is 2. The van der Waals surface area contributed by atoms with Crippen LogP contribution in [-0.4, -0.2) is 15.5 Å². The van der Waals surface area contributed by atoms with E-state index in [-0.39, 0.29) is 11.7 Å². The lowest BCUT2D eigenvalue weighted by Crippen LogP contribution is -2.23. The molecule has 0 aliphatic rings. The van der Waals surface area contributed by atoms with E-state index in [9.17, 15) is 9.18 Å². The van der Waals surface area contributed by atoms with Crippen LogP contribution in [0, 0.1) is 12.7 Å². The molecule has 0 saturated heterocycles. The Labute approximate surface area is 137 Å². The van der Waals surface area contributed by atoms with Gasteiger partial charge in [0.2, 0.25) is 0 Å². The van der Waals surface area contributed by atoms with Crippen molar-refractivity contribution in [3.05, 3.63) is 64.8 Å². The van der Waals surface area contributed by atoms with E-state index in [2.05, 4.69) is 10.3 Å². The number of halogens is 1. The number of aryl methyl sites for hydroxylation is 2. The summed E-state index contributed by atoms with van der Waals surface area (Å²) in [5.74, 6) is 0.399. The van der Waals surface area contributed by atoms with Gasteiger partial charge in [-0.3, -0.25) is 4.79 Å². The van der Waals surface area contributed by atoms with E-state index < -0.39 is 0 Å². The summed E-state index contributed by atoms with van der Waals surface area (Å²) in [5.41, 5.74) is 1.92. The van der Waals surface area contributed by atoms with Crippen LogP contribution in [0.25, 0.3) is 10.4 Å². The second-order valence-corrected chi connectivity index (χ2v) is 6.32. The SMILES string of the molecule is Cc1cc(C(=O)NCc2nccn2C)sc1-c1ccc(F)cc1. The molecular weight excluding hydrogens is 313 g/mol. The monoisotopic (exact) mass is 329 g/mol. The summed E-state index contributed by atoms with van der Waals surface area (Å²) >= 11 is 1.41. The Balaban J connectivity index is 1.76. The number of nitrogens with zero attached hydrogens (tertiary/aromatic N) is 2. The fourth-order valence-electron chi connectivity index (χ4n) is 2.30. The Kier molecular flexibility index (Phi) is 4.25. The maximum Gasteiger partial charge on any atom is 0.261 e. The molecule has 1 aromatic carbocycles. The van der Waals surface area contributed by atoms with Gasteiger partial charge >= 0.3 is 0 Å². The molecule has 6 heteroatoms. The molecule has 0 bridgehead atoms. The summed E-state index contributed by atoms with van der Waals surface area (Å²) in [6.45, 7) is 2.33. The Bertz CT molecular complexity index is 836. The zero-order valence-corrected chi connectivity index (χ0v) is 13.7.